The molecule has 1 unspecified atom stereocenters. The molecule has 170 valence electrons. The topological polar surface area (TPSA) is 115 Å². The van der Waals surface area contributed by atoms with E-state index < -0.39 is 29.2 Å². The monoisotopic (exact) mass is 465 g/mol. The number of amides is 2. The number of carboxylic acid groups (broad SMARTS) is 1. The molecular formula is C23H23N5O4S. The van der Waals surface area contributed by atoms with E-state index in [-0.39, 0.29) is 11.3 Å². The molecule has 0 aliphatic carbocycles. The number of carbonyl (C=O) groups is 3. The minimum Gasteiger partial charge on any atom is -0.477 e. The summed E-state index contributed by atoms with van der Waals surface area (Å²) in [6.07, 6.45) is 0. The summed E-state index contributed by atoms with van der Waals surface area (Å²) >= 11 is 1.43. The Balaban J connectivity index is 1.49. The van der Waals surface area contributed by atoms with Crippen LogP contribution in [0.25, 0.3) is 0 Å². The van der Waals surface area contributed by atoms with Crippen molar-refractivity contribution in [2.75, 3.05) is 24.7 Å². The van der Waals surface area contributed by atoms with Crippen molar-refractivity contribution >= 4 is 46.6 Å². The Morgan fingerprint density at radius 2 is 1.82 bits per heavy atom. The van der Waals surface area contributed by atoms with E-state index >= 15 is 0 Å². The van der Waals surface area contributed by atoms with E-state index in [0.717, 1.165) is 5.69 Å². The highest BCUT2D eigenvalue weighted by Crippen LogP contribution is 2.40. The van der Waals surface area contributed by atoms with Gasteiger partial charge < -0.3 is 15.3 Å². The minimum atomic E-state index is -1.14. The molecular weight excluding hydrogens is 442 g/mol. The Hall–Kier alpha value is -3.66. The fourth-order valence-electron chi connectivity index (χ4n) is 3.68. The standard InChI is InChI=1S/C23H23N5O4S/c1-13-12-33-22-18(21(30)28(22)19(13)23(31)32)24-20(29)16-6-4-5-7-17(16)26-25-14-8-10-15(11-9-14)27(2)3/h4-11,18,22H,12H2,1-3H3,(H,24,29)(H,31,32)/t18-,22?/m1/s1. The Morgan fingerprint density at radius 3 is 2.48 bits per heavy atom. The van der Waals surface area contributed by atoms with Gasteiger partial charge in [0.2, 0.25) is 0 Å². The first-order valence-corrected chi connectivity index (χ1v) is 11.3. The average molecular weight is 466 g/mol. The van der Waals surface area contributed by atoms with Crippen molar-refractivity contribution in [1.29, 1.82) is 0 Å². The molecule has 10 heteroatoms. The zero-order chi connectivity index (χ0) is 23.7. The number of nitrogens with one attached hydrogen (secondary N) is 1. The maximum Gasteiger partial charge on any atom is 0.352 e. The highest BCUT2D eigenvalue weighted by molar-refractivity contribution is 8.00. The maximum absolute atomic E-state index is 13.0. The number of benzene rings is 2. The van der Waals surface area contributed by atoms with Gasteiger partial charge in [0.05, 0.1) is 16.9 Å². The van der Waals surface area contributed by atoms with E-state index in [2.05, 4.69) is 15.5 Å². The molecule has 0 radical (unpaired) electrons. The molecule has 2 aromatic carbocycles. The lowest BCUT2D eigenvalue weighted by Gasteiger charge is -2.49. The lowest BCUT2D eigenvalue weighted by atomic mass is 10.0. The fourth-order valence-corrected chi connectivity index (χ4v) is 4.97. The Morgan fingerprint density at radius 1 is 1.12 bits per heavy atom. The van der Waals surface area contributed by atoms with Gasteiger partial charge in [-0.15, -0.1) is 16.9 Å². The number of carbonyl (C=O) groups excluding carboxylic acids is 2. The summed E-state index contributed by atoms with van der Waals surface area (Å²) in [5, 5.41) is 20.2. The second-order valence-corrected chi connectivity index (χ2v) is 9.03. The van der Waals surface area contributed by atoms with E-state index in [1.54, 1.807) is 31.2 Å². The SMILES string of the molecule is CC1=C(C(=O)O)N2C(=O)[C@@H](NC(=O)c3ccccc3N=Nc3ccc(N(C)C)cc3)C2SC1. The molecule has 9 nitrogen and oxygen atoms in total. The molecule has 0 saturated carbocycles. The van der Waals surface area contributed by atoms with Gasteiger partial charge in [-0.2, -0.15) is 5.11 Å². The summed E-state index contributed by atoms with van der Waals surface area (Å²) < 4.78 is 0. The first kappa shape index (κ1) is 22.5. The van der Waals surface area contributed by atoms with Crippen LogP contribution in [0, 0.1) is 0 Å². The summed E-state index contributed by atoms with van der Waals surface area (Å²) in [6.45, 7) is 1.70. The fraction of sp³-hybridized carbons (Fsp3) is 0.261. The van der Waals surface area contributed by atoms with Gasteiger partial charge in [-0.1, -0.05) is 12.1 Å². The number of azo groups is 1. The average Bonchev–Trinajstić information content (AvgIpc) is 2.81. The highest BCUT2D eigenvalue weighted by Gasteiger charge is 2.53. The predicted molar refractivity (Wildman–Crippen MR) is 126 cm³/mol. The summed E-state index contributed by atoms with van der Waals surface area (Å²) in [6, 6.07) is 13.4. The molecule has 2 aliphatic heterocycles. The lowest BCUT2D eigenvalue weighted by molar-refractivity contribution is -0.148. The van der Waals surface area contributed by atoms with Gasteiger partial charge in [0.15, 0.2) is 0 Å². The molecule has 2 aromatic rings. The van der Waals surface area contributed by atoms with Crippen molar-refractivity contribution in [3.05, 3.63) is 65.4 Å². The number of β-lactam (4-membered cyclic amide) rings is 1. The molecule has 2 N–H and O–H groups in total. The van der Waals surface area contributed by atoms with Crippen molar-refractivity contribution in [2.24, 2.45) is 10.2 Å². The molecule has 0 spiro atoms. The third kappa shape index (κ3) is 4.34. The predicted octanol–water partition coefficient (Wildman–Crippen LogP) is 3.54. The normalized spacial score (nSPS) is 19.8. The summed E-state index contributed by atoms with van der Waals surface area (Å²) in [5.74, 6) is -1.55. The molecule has 1 fully saturated rings. The van der Waals surface area contributed by atoms with Gasteiger partial charge in [-0.05, 0) is 48.9 Å². The van der Waals surface area contributed by atoms with E-state index in [0.29, 0.717) is 22.7 Å². The van der Waals surface area contributed by atoms with Crippen LogP contribution in [-0.2, 0) is 9.59 Å². The van der Waals surface area contributed by atoms with E-state index in [1.807, 2.05) is 43.3 Å². The number of anilines is 1. The van der Waals surface area contributed by atoms with Gasteiger partial charge in [0.1, 0.15) is 17.1 Å². The van der Waals surface area contributed by atoms with Crippen molar-refractivity contribution in [3.63, 3.8) is 0 Å². The molecule has 33 heavy (non-hydrogen) atoms. The van der Waals surface area contributed by atoms with Gasteiger partial charge in [0, 0.05) is 25.5 Å². The van der Waals surface area contributed by atoms with Crippen LogP contribution in [0.15, 0.2) is 70.0 Å². The maximum atomic E-state index is 13.0. The van der Waals surface area contributed by atoms with E-state index in [9.17, 15) is 19.5 Å². The molecule has 4 rings (SSSR count). The zero-order valence-corrected chi connectivity index (χ0v) is 19.2. The molecule has 2 heterocycles. The third-order valence-corrected chi connectivity index (χ3v) is 6.86. The third-order valence-electron chi connectivity index (χ3n) is 5.44. The van der Waals surface area contributed by atoms with Crippen LogP contribution in [0.1, 0.15) is 17.3 Å². The van der Waals surface area contributed by atoms with Crippen molar-refractivity contribution in [1.82, 2.24) is 10.2 Å². The zero-order valence-electron chi connectivity index (χ0n) is 18.3. The van der Waals surface area contributed by atoms with E-state index in [1.165, 1.54) is 16.7 Å². The number of rotatable bonds is 6. The summed E-state index contributed by atoms with van der Waals surface area (Å²) in [7, 11) is 3.90. The van der Waals surface area contributed by atoms with Crippen molar-refractivity contribution in [2.45, 2.75) is 18.3 Å². The first-order valence-electron chi connectivity index (χ1n) is 10.2. The molecule has 2 aliphatic rings. The number of thioether (sulfide) groups is 1. The second kappa shape index (κ2) is 9.07. The van der Waals surface area contributed by atoms with Crippen molar-refractivity contribution in [3.8, 4) is 0 Å². The summed E-state index contributed by atoms with van der Waals surface area (Å²) in [5.41, 5.74) is 2.96. The van der Waals surface area contributed by atoms with Crippen LogP contribution in [0.2, 0.25) is 0 Å². The first-order chi connectivity index (χ1) is 15.8. The second-order valence-electron chi connectivity index (χ2n) is 7.92. The smallest absolute Gasteiger partial charge is 0.352 e. The van der Waals surface area contributed by atoms with Gasteiger partial charge >= 0.3 is 5.97 Å². The van der Waals surface area contributed by atoms with Crippen LogP contribution in [0.3, 0.4) is 0 Å². The molecule has 0 bridgehead atoms. The Bertz CT molecular complexity index is 1180. The lowest BCUT2D eigenvalue weighted by Crippen LogP contribution is -2.70. The largest absolute Gasteiger partial charge is 0.477 e. The number of nitrogens with zero attached hydrogens (tertiary/aromatic N) is 4. The molecule has 2 atom stereocenters. The summed E-state index contributed by atoms with van der Waals surface area (Å²) in [4.78, 5) is 40.4. The molecule has 1 saturated heterocycles. The minimum absolute atomic E-state index is 0.00346. The van der Waals surface area contributed by atoms with Crippen LogP contribution < -0.4 is 10.2 Å². The number of aliphatic carboxylic acids is 1. The van der Waals surface area contributed by atoms with Gasteiger partial charge in [0.25, 0.3) is 11.8 Å². The number of hydrogen-bond donors (Lipinski definition) is 2. The number of hydrogen-bond acceptors (Lipinski definition) is 7. The number of carboxylic acids is 1. The highest BCUT2D eigenvalue weighted by atomic mass is 32.2. The Labute approximate surface area is 195 Å². The van der Waals surface area contributed by atoms with Gasteiger partial charge in [-0.25, -0.2) is 4.79 Å². The van der Waals surface area contributed by atoms with Gasteiger partial charge in [-0.3, -0.25) is 14.5 Å². The van der Waals surface area contributed by atoms with Crippen LogP contribution in [0.5, 0.6) is 0 Å². The van der Waals surface area contributed by atoms with Crippen molar-refractivity contribution < 1.29 is 19.5 Å². The van der Waals surface area contributed by atoms with Crippen LogP contribution in [-0.4, -0.2) is 59.1 Å². The van der Waals surface area contributed by atoms with Crippen LogP contribution >= 0.6 is 11.8 Å². The Kier molecular flexibility index (Phi) is 6.19. The van der Waals surface area contributed by atoms with E-state index in [4.69, 9.17) is 0 Å². The quantitative estimate of drug-likeness (QED) is 0.498. The molecule has 2 amide bonds. The number of fused-ring (bicyclic) bond motifs is 1. The van der Waals surface area contributed by atoms with Crippen LogP contribution in [0.4, 0.5) is 17.1 Å². The molecule has 0 aromatic heterocycles.